The molecule has 12 heteroatoms. The van der Waals surface area contributed by atoms with Gasteiger partial charge in [0.2, 0.25) is 11.8 Å². The Morgan fingerprint density at radius 1 is 1.05 bits per heavy atom. The van der Waals surface area contributed by atoms with E-state index in [4.69, 9.17) is 28.9 Å². The normalized spacial score (nSPS) is 20.5. The highest BCUT2D eigenvalue weighted by molar-refractivity contribution is 7.89. The summed E-state index contributed by atoms with van der Waals surface area (Å²) >= 11 is 12.3. The van der Waals surface area contributed by atoms with Crippen molar-refractivity contribution in [1.82, 2.24) is 19.0 Å². The van der Waals surface area contributed by atoms with Gasteiger partial charge in [-0.05, 0) is 63.8 Å². The molecule has 37 heavy (non-hydrogen) atoms. The number of hydrogen-bond donors (Lipinski definition) is 1. The number of nitrogens with zero attached hydrogens (tertiary/aromatic N) is 4. The summed E-state index contributed by atoms with van der Waals surface area (Å²) in [5, 5.41) is 0.256. The number of anilines is 1. The largest absolute Gasteiger partial charge is 0.399 e. The average Bonchev–Trinajstić information content (AvgIpc) is 2.81. The summed E-state index contributed by atoms with van der Waals surface area (Å²) in [6.45, 7) is 3.50. The molecule has 2 N–H and O–H groups in total. The van der Waals surface area contributed by atoms with Gasteiger partial charge in [-0.2, -0.15) is 0 Å². The Hall–Kier alpha value is -2.79. The van der Waals surface area contributed by atoms with Crippen LogP contribution in [0.25, 0.3) is 0 Å². The molecule has 0 radical (unpaired) electrons. The van der Waals surface area contributed by atoms with Gasteiger partial charge in [-0.1, -0.05) is 35.3 Å². The molecule has 2 aliphatic rings. The van der Waals surface area contributed by atoms with E-state index in [1.54, 1.807) is 43.3 Å². The van der Waals surface area contributed by atoms with E-state index in [9.17, 15) is 18.0 Å². The van der Waals surface area contributed by atoms with Gasteiger partial charge in [-0.25, -0.2) is 12.7 Å². The molecule has 4 rings (SSSR count). The summed E-state index contributed by atoms with van der Waals surface area (Å²) in [4.78, 5) is 31.8. The summed E-state index contributed by atoms with van der Waals surface area (Å²) in [6.07, 6.45) is 1.62. The van der Waals surface area contributed by atoms with Gasteiger partial charge in [0.05, 0.1) is 11.6 Å². The molecule has 2 aromatic carbocycles. The molecule has 2 amide bonds. The quantitative estimate of drug-likeness (QED) is 0.539. The number of likely N-dealkylation sites (N-methyl/N-ethyl adjacent to an activating group) is 1. The monoisotopic (exact) mass is 565 g/mol. The first-order valence-corrected chi connectivity index (χ1v) is 13.9. The predicted octanol–water partition coefficient (Wildman–Crippen LogP) is 3.00. The minimum atomic E-state index is -4.24. The molecular formula is C25H29Cl2N5O4S. The fourth-order valence-corrected chi connectivity index (χ4v) is 6.70. The van der Waals surface area contributed by atoms with Crippen molar-refractivity contribution >= 4 is 50.7 Å². The standard InChI is InChI=1S/C25H29Cl2N5O4S/c1-15(2)30-14-23-31(37(35,36)22-10-7-17(26)12-19(22)27)13-21(29(3)4)25(34)32(23)20(24(30)33)11-16-5-8-18(28)9-6-16/h5-10,12,14-15,20-21H,11,13,28H2,1-4H3. The van der Waals surface area contributed by atoms with Crippen LogP contribution in [0.4, 0.5) is 5.69 Å². The zero-order valence-corrected chi connectivity index (χ0v) is 23.3. The summed E-state index contributed by atoms with van der Waals surface area (Å²) in [6, 6.07) is 9.10. The van der Waals surface area contributed by atoms with Gasteiger partial charge in [0.25, 0.3) is 10.0 Å². The van der Waals surface area contributed by atoms with Gasteiger partial charge in [0.15, 0.2) is 0 Å². The average molecular weight is 567 g/mol. The van der Waals surface area contributed by atoms with Crippen LogP contribution in [-0.2, 0) is 26.0 Å². The first-order chi connectivity index (χ1) is 17.3. The van der Waals surface area contributed by atoms with E-state index in [0.29, 0.717) is 10.7 Å². The fourth-order valence-electron chi connectivity index (χ4n) is 4.50. The first kappa shape index (κ1) is 27.3. The second-order valence-corrected chi connectivity index (χ2v) is 12.3. The number of nitrogen functional groups attached to an aromatic ring is 1. The molecule has 2 heterocycles. The van der Waals surface area contributed by atoms with Crippen molar-refractivity contribution in [3.63, 3.8) is 0 Å². The number of carbonyl (C=O) groups excluding carboxylic acids is 2. The maximum atomic E-state index is 14.0. The lowest BCUT2D eigenvalue weighted by Crippen LogP contribution is -2.67. The number of halogens is 2. The number of benzene rings is 2. The van der Waals surface area contributed by atoms with Crippen LogP contribution in [0.3, 0.4) is 0 Å². The lowest BCUT2D eigenvalue weighted by atomic mass is 9.98. The Labute approximate surface area is 227 Å². The number of hydrogen-bond acceptors (Lipinski definition) is 6. The van der Waals surface area contributed by atoms with Gasteiger partial charge in [0, 0.05) is 29.4 Å². The van der Waals surface area contributed by atoms with Crippen LogP contribution in [0.15, 0.2) is 59.4 Å². The van der Waals surface area contributed by atoms with Crippen LogP contribution >= 0.6 is 23.2 Å². The fraction of sp³-hybridized carbons (Fsp3) is 0.360. The van der Waals surface area contributed by atoms with Crippen molar-refractivity contribution in [2.24, 2.45) is 0 Å². The van der Waals surface area contributed by atoms with Gasteiger partial charge in [-0.3, -0.25) is 19.4 Å². The van der Waals surface area contributed by atoms with Crippen molar-refractivity contribution in [2.75, 3.05) is 26.4 Å². The van der Waals surface area contributed by atoms with E-state index >= 15 is 0 Å². The Kier molecular flexibility index (Phi) is 7.49. The highest BCUT2D eigenvalue weighted by Gasteiger charge is 2.50. The minimum Gasteiger partial charge on any atom is -0.399 e. The molecule has 1 saturated heterocycles. The maximum absolute atomic E-state index is 14.0. The van der Waals surface area contributed by atoms with E-state index in [1.165, 1.54) is 34.2 Å². The Morgan fingerprint density at radius 3 is 2.27 bits per heavy atom. The third-order valence-electron chi connectivity index (χ3n) is 6.52. The summed E-state index contributed by atoms with van der Waals surface area (Å²) < 4.78 is 29.1. The molecule has 2 aromatic rings. The number of rotatable bonds is 6. The number of amides is 2. The molecule has 0 aliphatic carbocycles. The Morgan fingerprint density at radius 2 is 1.70 bits per heavy atom. The molecule has 2 unspecified atom stereocenters. The van der Waals surface area contributed by atoms with Gasteiger partial charge < -0.3 is 10.6 Å². The minimum absolute atomic E-state index is 0.0380. The Balaban J connectivity index is 1.89. The van der Waals surface area contributed by atoms with Crippen molar-refractivity contribution in [3.8, 4) is 0 Å². The number of fused-ring (bicyclic) bond motifs is 1. The highest BCUT2D eigenvalue weighted by atomic mass is 35.5. The first-order valence-electron chi connectivity index (χ1n) is 11.7. The van der Waals surface area contributed by atoms with Crippen molar-refractivity contribution < 1.29 is 18.0 Å². The molecule has 2 atom stereocenters. The third-order valence-corrected chi connectivity index (χ3v) is 9.01. The predicted molar refractivity (Wildman–Crippen MR) is 143 cm³/mol. The molecule has 0 spiro atoms. The molecule has 0 aromatic heterocycles. The number of nitrogens with two attached hydrogens (primary N) is 1. The van der Waals surface area contributed by atoms with Crippen molar-refractivity contribution in [1.29, 1.82) is 0 Å². The van der Waals surface area contributed by atoms with Gasteiger partial charge in [-0.15, -0.1) is 0 Å². The molecular weight excluding hydrogens is 537 g/mol. The SMILES string of the molecule is CC(C)N1C=C2N(C(=O)C(N(C)C)CN2S(=O)(=O)c2ccc(Cl)cc2Cl)C(Cc2ccc(N)cc2)C1=O. The molecule has 9 nitrogen and oxygen atoms in total. The van der Waals surface area contributed by atoms with Crippen LogP contribution in [0.2, 0.25) is 10.0 Å². The van der Waals surface area contributed by atoms with Crippen LogP contribution < -0.4 is 5.73 Å². The smallest absolute Gasteiger partial charge is 0.267 e. The van der Waals surface area contributed by atoms with Crippen LogP contribution in [0.1, 0.15) is 19.4 Å². The summed E-state index contributed by atoms with van der Waals surface area (Å²) in [5.41, 5.74) is 7.18. The van der Waals surface area contributed by atoms with Gasteiger partial charge in [0.1, 0.15) is 22.8 Å². The van der Waals surface area contributed by atoms with E-state index in [0.717, 1.165) is 9.87 Å². The highest BCUT2D eigenvalue weighted by Crippen LogP contribution is 2.37. The lowest BCUT2D eigenvalue weighted by Gasteiger charge is -2.49. The van der Waals surface area contributed by atoms with Crippen molar-refractivity contribution in [2.45, 2.75) is 43.3 Å². The summed E-state index contributed by atoms with van der Waals surface area (Å²) in [7, 11) is -0.853. The maximum Gasteiger partial charge on any atom is 0.267 e. The van der Waals surface area contributed by atoms with Crippen LogP contribution in [0.5, 0.6) is 0 Å². The zero-order chi connectivity index (χ0) is 27.2. The van der Waals surface area contributed by atoms with E-state index in [1.807, 2.05) is 13.8 Å². The van der Waals surface area contributed by atoms with Crippen molar-refractivity contribution in [3.05, 3.63) is 70.1 Å². The lowest BCUT2D eigenvalue weighted by molar-refractivity contribution is -0.152. The van der Waals surface area contributed by atoms with Crippen LogP contribution in [0, 0.1) is 0 Å². The third kappa shape index (κ3) is 5.03. The number of sulfonamides is 1. The molecule has 0 saturated carbocycles. The topological polar surface area (TPSA) is 107 Å². The zero-order valence-electron chi connectivity index (χ0n) is 20.9. The van der Waals surface area contributed by atoms with E-state index < -0.39 is 22.1 Å². The summed E-state index contributed by atoms with van der Waals surface area (Å²) in [5.74, 6) is -0.560. The molecule has 0 bridgehead atoms. The van der Waals surface area contributed by atoms with Gasteiger partial charge >= 0.3 is 0 Å². The van der Waals surface area contributed by atoms with E-state index in [2.05, 4.69) is 0 Å². The molecule has 1 fully saturated rings. The van der Waals surface area contributed by atoms with E-state index in [-0.39, 0.29) is 46.6 Å². The van der Waals surface area contributed by atoms with Crippen LogP contribution in [-0.4, -0.2) is 78.0 Å². The second-order valence-electron chi connectivity index (χ2n) is 9.59. The second kappa shape index (κ2) is 10.2. The Bertz CT molecular complexity index is 1360. The molecule has 2 aliphatic heterocycles. The number of carbonyl (C=O) groups is 2. The molecule has 198 valence electrons.